The lowest BCUT2D eigenvalue weighted by atomic mass is 9.87. The Hall–Kier alpha value is -3.37. The predicted octanol–water partition coefficient (Wildman–Crippen LogP) is 5.64. The number of aromatic nitrogens is 1. The lowest BCUT2D eigenvalue weighted by Gasteiger charge is -2.23. The summed E-state index contributed by atoms with van der Waals surface area (Å²) in [6, 6.07) is 27.8. The standard InChI is InChI=1S/C31H35N3O/c1-23-8-7-11-26(18-23)28(19-31(35)33-20-24-14-16-32-17-15-24)29-22-34(21-25-9-3-2-4-10-25)30-13-6-5-12-27(29)30/h2-13,18,22,24,28,32H,14-17,19-21H2,1H3,(H,33,35). The minimum atomic E-state index is 0.00449. The molecule has 35 heavy (non-hydrogen) atoms. The van der Waals surface area contributed by atoms with E-state index in [4.69, 9.17) is 0 Å². The van der Waals surface area contributed by atoms with Crippen molar-refractivity contribution in [1.29, 1.82) is 0 Å². The molecule has 3 aromatic carbocycles. The zero-order valence-electron chi connectivity index (χ0n) is 20.5. The van der Waals surface area contributed by atoms with Gasteiger partial charge in [-0.2, -0.15) is 0 Å². The third kappa shape index (κ3) is 5.66. The van der Waals surface area contributed by atoms with Gasteiger partial charge in [-0.3, -0.25) is 4.79 Å². The fourth-order valence-electron chi connectivity index (χ4n) is 5.36. The van der Waals surface area contributed by atoms with Crippen LogP contribution >= 0.6 is 0 Å². The third-order valence-electron chi connectivity index (χ3n) is 7.27. The van der Waals surface area contributed by atoms with E-state index in [1.165, 1.54) is 33.2 Å². The fourth-order valence-corrected chi connectivity index (χ4v) is 5.36. The molecule has 0 bridgehead atoms. The summed E-state index contributed by atoms with van der Waals surface area (Å²) < 4.78 is 2.33. The van der Waals surface area contributed by atoms with Crippen LogP contribution in [0.15, 0.2) is 85.1 Å². The molecule has 180 valence electrons. The number of amides is 1. The van der Waals surface area contributed by atoms with E-state index in [9.17, 15) is 4.79 Å². The molecule has 1 amide bonds. The van der Waals surface area contributed by atoms with Gasteiger partial charge in [0.25, 0.3) is 0 Å². The number of hydrogen-bond acceptors (Lipinski definition) is 2. The largest absolute Gasteiger partial charge is 0.356 e. The molecular formula is C31H35N3O. The van der Waals surface area contributed by atoms with Crippen LogP contribution in [-0.4, -0.2) is 30.1 Å². The molecule has 1 aliphatic heterocycles. The van der Waals surface area contributed by atoms with E-state index in [0.29, 0.717) is 12.3 Å². The van der Waals surface area contributed by atoms with Crippen LogP contribution < -0.4 is 10.6 Å². The Bertz CT molecular complexity index is 1270. The Balaban J connectivity index is 1.46. The Morgan fingerprint density at radius 3 is 2.57 bits per heavy atom. The minimum absolute atomic E-state index is 0.00449. The Morgan fingerprint density at radius 1 is 1.00 bits per heavy atom. The molecule has 1 unspecified atom stereocenters. The van der Waals surface area contributed by atoms with Crippen LogP contribution in [-0.2, 0) is 11.3 Å². The van der Waals surface area contributed by atoms with Gasteiger partial charge in [-0.15, -0.1) is 0 Å². The first-order chi connectivity index (χ1) is 17.2. The van der Waals surface area contributed by atoms with Crippen LogP contribution in [0.4, 0.5) is 0 Å². The van der Waals surface area contributed by atoms with Crippen LogP contribution in [0.3, 0.4) is 0 Å². The highest BCUT2D eigenvalue weighted by molar-refractivity contribution is 5.86. The van der Waals surface area contributed by atoms with Gasteiger partial charge >= 0.3 is 0 Å². The van der Waals surface area contributed by atoms with Gasteiger partial charge in [-0.25, -0.2) is 0 Å². The van der Waals surface area contributed by atoms with E-state index >= 15 is 0 Å². The molecule has 1 aliphatic rings. The number of hydrogen-bond donors (Lipinski definition) is 2. The number of benzene rings is 3. The van der Waals surface area contributed by atoms with E-state index in [2.05, 4.69) is 107 Å². The number of nitrogens with zero attached hydrogens (tertiary/aromatic N) is 1. The molecule has 4 heteroatoms. The minimum Gasteiger partial charge on any atom is -0.356 e. The van der Waals surface area contributed by atoms with Crippen molar-refractivity contribution in [2.45, 2.75) is 38.6 Å². The van der Waals surface area contributed by atoms with E-state index < -0.39 is 0 Å². The summed E-state index contributed by atoms with van der Waals surface area (Å²) in [5.74, 6) is 0.713. The summed E-state index contributed by atoms with van der Waals surface area (Å²) in [7, 11) is 0. The average molecular weight is 466 g/mol. The quantitative estimate of drug-likeness (QED) is 0.354. The molecule has 1 fully saturated rings. The highest BCUT2D eigenvalue weighted by atomic mass is 16.1. The second-order valence-electron chi connectivity index (χ2n) is 9.88. The normalized spacial score (nSPS) is 15.2. The fraction of sp³-hybridized carbons (Fsp3) is 0.323. The molecule has 0 aliphatic carbocycles. The first kappa shape index (κ1) is 23.4. The highest BCUT2D eigenvalue weighted by Crippen LogP contribution is 2.35. The van der Waals surface area contributed by atoms with E-state index in [-0.39, 0.29) is 11.8 Å². The second-order valence-corrected chi connectivity index (χ2v) is 9.88. The van der Waals surface area contributed by atoms with Crippen LogP contribution in [0, 0.1) is 12.8 Å². The van der Waals surface area contributed by atoms with Crippen molar-refractivity contribution < 1.29 is 4.79 Å². The molecule has 2 N–H and O–H groups in total. The van der Waals surface area contributed by atoms with Gasteiger partial charge in [0.05, 0.1) is 0 Å². The Kier molecular flexibility index (Phi) is 7.29. The Morgan fingerprint density at radius 2 is 1.77 bits per heavy atom. The maximum atomic E-state index is 13.2. The van der Waals surface area contributed by atoms with Gasteiger partial charge < -0.3 is 15.2 Å². The van der Waals surface area contributed by atoms with Crippen LogP contribution in [0.25, 0.3) is 10.9 Å². The number of para-hydroxylation sites is 1. The van der Waals surface area contributed by atoms with Gasteiger partial charge in [0.1, 0.15) is 0 Å². The number of piperidine rings is 1. The predicted molar refractivity (Wildman–Crippen MR) is 144 cm³/mol. The molecule has 1 saturated heterocycles. The average Bonchev–Trinajstić information content (AvgIpc) is 3.25. The number of fused-ring (bicyclic) bond motifs is 1. The van der Waals surface area contributed by atoms with Crippen molar-refractivity contribution in [3.8, 4) is 0 Å². The van der Waals surface area contributed by atoms with Crippen molar-refractivity contribution in [1.82, 2.24) is 15.2 Å². The van der Waals surface area contributed by atoms with Crippen molar-refractivity contribution in [3.05, 3.63) is 107 Å². The van der Waals surface area contributed by atoms with Crippen molar-refractivity contribution in [2.24, 2.45) is 5.92 Å². The molecule has 2 heterocycles. The molecule has 0 spiro atoms. The smallest absolute Gasteiger partial charge is 0.220 e. The van der Waals surface area contributed by atoms with Crippen LogP contribution in [0.5, 0.6) is 0 Å². The summed E-state index contributed by atoms with van der Waals surface area (Å²) in [5.41, 5.74) is 6.12. The molecule has 0 radical (unpaired) electrons. The van der Waals surface area contributed by atoms with Gasteiger partial charge in [-0.1, -0.05) is 78.4 Å². The zero-order chi connectivity index (χ0) is 24.0. The summed E-state index contributed by atoms with van der Waals surface area (Å²) in [6.07, 6.45) is 4.99. The van der Waals surface area contributed by atoms with E-state index in [0.717, 1.165) is 39.0 Å². The summed E-state index contributed by atoms with van der Waals surface area (Å²) in [4.78, 5) is 13.2. The van der Waals surface area contributed by atoms with E-state index in [1.807, 2.05) is 0 Å². The first-order valence-corrected chi connectivity index (χ1v) is 12.8. The third-order valence-corrected chi connectivity index (χ3v) is 7.27. The monoisotopic (exact) mass is 465 g/mol. The van der Waals surface area contributed by atoms with Gasteiger partial charge in [0.15, 0.2) is 0 Å². The van der Waals surface area contributed by atoms with Crippen LogP contribution in [0.2, 0.25) is 0 Å². The number of carbonyl (C=O) groups is 1. The number of carbonyl (C=O) groups excluding carboxylic acids is 1. The van der Waals surface area contributed by atoms with Crippen molar-refractivity contribution in [2.75, 3.05) is 19.6 Å². The summed E-state index contributed by atoms with van der Waals surface area (Å²) in [6.45, 7) is 5.80. The summed E-state index contributed by atoms with van der Waals surface area (Å²) in [5, 5.41) is 7.89. The molecule has 4 aromatic rings. The number of aryl methyl sites for hydroxylation is 1. The van der Waals surface area contributed by atoms with Crippen molar-refractivity contribution >= 4 is 16.8 Å². The number of nitrogens with one attached hydrogen (secondary N) is 2. The van der Waals surface area contributed by atoms with Gasteiger partial charge in [0, 0.05) is 42.5 Å². The molecule has 0 saturated carbocycles. The van der Waals surface area contributed by atoms with Gasteiger partial charge in [0.2, 0.25) is 5.91 Å². The topological polar surface area (TPSA) is 46.1 Å². The molecule has 5 rings (SSSR count). The Labute approximate surface area is 208 Å². The van der Waals surface area contributed by atoms with Crippen LogP contribution in [0.1, 0.15) is 47.4 Å². The lowest BCUT2D eigenvalue weighted by molar-refractivity contribution is -0.121. The molecule has 4 nitrogen and oxygen atoms in total. The first-order valence-electron chi connectivity index (χ1n) is 12.8. The van der Waals surface area contributed by atoms with E-state index in [1.54, 1.807) is 0 Å². The summed E-state index contributed by atoms with van der Waals surface area (Å²) >= 11 is 0. The number of rotatable bonds is 8. The SMILES string of the molecule is Cc1cccc(C(CC(=O)NCC2CCNCC2)c2cn(Cc3ccccc3)c3ccccc23)c1. The molecule has 1 atom stereocenters. The molecule has 1 aromatic heterocycles. The van der Waals surface area contributed by atoms with Crippen molar-refractivity contribution in [3.63, 3.8) is 0 Å². The maximum absolute atomic E-state index is 13.2. The zero-order valence-corrected chi connectivity index (χ0v) is 20.5. The second kappa shape index (κ2) is 10.9. The maximum Gasteiger partial charge on any atom is 0.220 e. The van der Waals surface area contributed by atoms with Gasteiger partial charge in [-0.05, 0) is 61.5 Å². The highest BCUT2D eigenvalue weighted by Gasteiger charge is 2.24. The molecular weight excluding hydrogens is 430 g/mol. The lowest BCUT2D eigenvalue weighted by Crippen LogP contribution is -2.36.